The van der Waals surface area contributed by atoms with E-state index in [4.69, 9.17) is 28.9 Å². The first-order valence-corrected chi connectivity index (χ1v) is 14.4. The zero-order valence-corrected chi connectivity index (χ0v) is 23.6. The number of morpholine rings is 2. The van der Waals surface area contributed by atoms with Crippen LogP contribution in [0.3, 0.4) is 0 Å². The fourth-order valence-electron chi connectivity index (χ4n) is 6.27. The van der Waals surface area contributed by atoms with Gasteiger partial charge in [0.05, 0.1) is 46.7 Å². The third-order valence-electron chi connectivity index (χ3n) is 8.37. The number of hydrogen-bond donors (Lipinski definition) is 1. The van der Waals surface area contributed by atoms with Crippen LogP contribution >= 0.6 is 0 Å². The Labute approximate surface area is 239 Å². The van der Waals surface area contributed by atoms with Crippen LogP contribution in [0.4, 0.5) is 17.6 Å². The molecule has 2 saturated heterocycles. The molecule has 0 bridgehead atoms. The molecule has 2 aromatic carbocycles. The summed E-state index contributed by atoms with van der Waals surface area (Å²) in [5, 5.41) is 1.27. The number of nitrogens with zero attached hydrogens (tertiary/aromatic N) is 5. The van der Waals surface area contributed by atoms with Crippen molar-refractivity contribution in [1.82, 2.24) is 15.0 Å². The lowest BCUT2D eigenvalue weighted by atomic mass is 9.92. The van der Waals surface area contributed by atoms with E-state index in [2.05, 4.69) is 62.1 Å². The number of rotatable bonds is 6. The second-order valence-electron chi connectivity index (χ2n) is 10.6. The Kier molecular flexibility index (Phi) is 7.02. The topological polar surface area (TPSA) is 88.2 Å². The average molecular weight is 557 g/mol. The molecule has 2 fully saturated rings. The van der Waals surface area contributed by atoms with Crippen LogP contribution in [0.2, 0.25) is 0 Å². The number of para-hydroxylation sites is 1. The van der Waals surface area contributed by atoms with Crippen molar-refractivity contribution in [3.63, 3.8) is 0 Å². The number of anilines is 3. The first-order valence-electron chi connectivity index (χ1n) is 14.4. The van der Waals surface area contributed by atoms with Crippen molar-refractivity contribution in [1.29, 1.82) is 0 Å². The molecule has 1 unspecified atom stereocenters. The molecule has 41 heavy (non-hydrogen) atoms. The number of hydrogen-bond acceptors (Lipinski definition) is 9. The summed E-state index contributed by atoms with van der Waals surface area (Å²) < 4.78 is 22.6. The van der Waals surface area contributed by atoms with E-state index in [1.807, 2.05) is 6.07 Å². The van der Waals surface area contributed by atoms with Gasteiger partial charge in [-0.3, -0.25) is 0 Å². The van der Waals surface area contributed by atoms with Gasteiger partial charge in [-0.15, -0.1) is 0 Å². The maximum atomic E-state index is 5.73. The summed E-state index contributed by atoms with van der Waals surface area (Å²) in [5.41, 5.74) is 4.73. The van der Waals surface area contributed by atoms with Gasteiger partial charge in [-0.25, -0.2) is 0 Å². The van der Waals surface area contributed by atoms with E-state index < -0.39 is 0 Å². The Morgan fingerprint density at radius 2 is 1.44 bits per heavy atom. The molecule has 7 rings (SSSR count). The summed E-state index contributed by atoms with van der Waals surface area (Å²) in [5.74, 6) is 4.00. The summed E-state index contributed by atoms with van der Waals surface area (Å²) in [6.45, 7) is 6.81. The van der Waals surface area contributed by atoms with E-state index in [1.54, 1.807) is 14.2 Å². The lowest BCUT2D eigenvalue weighted by Crippen LogP contribution is -2.41. The van der Waals surface area contributed by atoms with Crippen molar-refractivity contribution in [2.45, 2.75) is 12.5 Å². The molecule has 0 aliphatic carbocycles. The predicted octanol–water partition coefficient (Wildman–Crippen LogP) is 3.80. The lowest BCUT2D eigenvalue weighted by Gasteiger charge is -2.38. The van der Waals surface area contributed by atoms with Crippen LogP contribution in [-0.4, -0.2) is 88.3 Å². The lowest BCUT2D eigenvalue weighted by molar-refractivity contribution is 0.122. The summed E-state index contributed by atoms with van der Waals surface area (Å²) in [7, 11) is 3.34. The number of aromatic nitrogens is 3. The molecule has 10 nitrogen and oxygen atoms in total. The maximum absolute atomic E-state index is 5.73. The molecule has 0 saturated carbocycles. The fourth-order valence-corrected chi connectivity index (χ4v) is 6.27. The van der Waals surface area contributed by atoms with Crippen LogP contribution in [-0.2, 0) is 15.9 Å². The van der Waals surface area contributed by atoms with E-state index in [0.717, 1.165) is 73.5 Å². The van der Waals surface area contributed by atoms with Crippen LogP contribution in [0.15, 0.2) is 48.5 Å². The van der Waals surface area contributed by atoms with Crippen LogP contribution in [0.1, 0.15) is 22.9 Å². The Bertz CT molecular complexity index is 1490. The standard InChI is InChI=1S/C31H36N6O4/c1-38-25-8-7-21(19-26(25)39-2)30-29-23(22-5-3-4-6-24(22)32-29)9-10-37(30)31-33-27(35-11-15-40-16-12-35)20-28(34-31)36-13-17-41-18-14-36/h3-8,19-20,30,32H,9-18H2,1-2H3. The minimum atomic E-state index is -0.136. The molecular formula is C31H36N6O4. The van der Waals surface area contributed by atoms with Gasteiger partial charge in [-0.1, -0.05) is 24.3 Å². The second kappa shape index (κ2) is 11.1. The second-order valence-corrected chi connectivity index (χ2v) is 10.6. The summed E-state index contributed by atoms with van der Waals surface area (Å²) in [6, 6.07) is 16.7. The number of aromatic amines is 1. The van der Waals surface area contributed by atoms with Gasteiger partial charge in [0, 0.05) is 55.4 Å². The van der Waals surface area contributed by atoms with Gasteiger partial charge in [-0.05, 0) is 35.7 Å². The van der Waals surface area contributed by atoms with Gasteiger partial charge in [0.15, 0.2) is 11.5 Å². The van der Waals surface area contributed by atoms with Crippen molar-refractivity contribution in [3.8, 4) is 11.5 Å². The van der Waals surface area contributed by atoms with E-state index in [1.165, 1.54) is 10.9 Å². The Morgan fingerprint density at radius 1 is 0.780 bits per heavy atom. The Balaban J connectivity index is 1.38. The van der Waals surface area contributed by atoms with Crippen LogP contribution < -0.4 is 24.2 Å². The first kappa shape index (κ1) is 25.9. The quantitative estimate of drug-likeness (QED) is 0.381. The van der Waals surface area contributed by atoms with Gasteiger partial charge in [0.1, 0.15) is 11.6 Å². The highest BCUT2D eigenvalue weighted by molar-refractivity contribution is 5.86. The van der Waals surface area contributed by atoms with E-state index in [0.29, 0.717) is 37.9 Å². The van der Waals surface area contributed by atoms with Crippen molar-refractivity contribution in [3.05, 3.63) is 65.4 Å². The third kappa shape index (κ3) is 4.81. The highest BCUT2D eigenvalue weighted by Gasteiger charge is 2.35. The molecule has 5 heterocycles. The first-order chi connectivity index (χ1) is 20.2. The molecule has 0 amide bonds. The monoisotopic (exact) mass is 556 g/mol. The van der Waals surface area contributed by atoms with Crippen LogP contribution in [0, 0.1) is 0 Å². The van der Waals surface area contributed by atoms with Crippen molar-refractivity contribution < 1.29 is 18.9 Å². The van der Waals surface area contributed by atoms with Gasteiger partial charge in [-0.2, -0.15) is 9.97 Å². The SMILES string of the molecule is COc1ccc(C2c3[nH]c4ccccc4c3CCN2c2nc(N3CCOCC3)cc(N3CCOCC3)n2)cc1OC. The van der Waals surface area contributed by atoms with E-state index in [9.17, 15) is 0 Å². The number of fused-ring (bicyclic) bond motifs is 3. The zero-order valence-electron chi connectivity index (χ0n) is 23.6. The normalized spacial score (nSPS) is 19.4. The summed E-state index contributed by atoms with van der Waals surface area (Å²) >= 11 is 0. The third-order valence-corrected chi connectivity index (χ3v) is 8.37. The predicted molar refractivity (Wildman–Crippen MR) is 159 cm³/mol. The zero-order chi connectivity index (χ0) is 27.8. The number of methoxy groups -OCH3 is 2. The van der Waals surface area contributed by atoms with Gasteiger partial charge in [0.25, 0.3) is 0 Å². The van der Waals surface area contributed by atoms with Crippen LogP contribution in [0.25, 0.3) is 10.9 Å². The summed E-state index contributed by atoms with van der Waals surface area (Å²) in [6.07, 6.45) is 0.890. The van der Waals surface area contributed by atoms with Gasteiger partial charge < -0.3 is 38.6 Å². The maximum Gasteiger partial charge on any atom is 0.230 e. The Morgan fingerprint density at radius 3 is 2.10 bits per heavy atom. The van der Waals surface area contributed by atoms with E-state index >= 15 is 0 Å². The smallest absolute Gasteiger partial charge is 0.230 e. The molecule has 2 aromatic heterocycles. The highest BCUT2D eigenvalue weighted by atomic mass is 16.5. The molecule has 3 aliphatic heterocycles. The fraction of sp³-hybridized carbons (Fsp3) is 0.419. The molecule has 1 N–H and O–H groups in total. The number of benzene rings is 2. The highest BCUT2D eigenvalue weighted by Crippen LogP contribution is 2.42. The van der Waals surface area contributed by atoms with Gasteiger partial charge in [0.2, 0.25) is 5.95 Å². The van der Waals surface area contributed by atoms with Crippen LogP contribution in [0.5, 0.6) is 11.5 Å². The summed E-state index contributed by atoms with van der Waals surface area (Å²) in [4.78, 5) is 21.1. The molecule has 3 aliphatic rings. The Hall–Kier alpha value is -4.02. The largest absolute Gasteiger partial charge is 0.493 e. The number of nitrogens with one attached hydrogen (secondary N) is 1. The molecule has 214 valence electrons. The number of H-pyrrole nitrogens is 1. The average Bonchev–Trinajstić information content (AvgIpc) is 3.43. The van der Waals surface area contributed by atoms with Gasteiger partial charge >= 0.3 is 0 Å². The molecule has 10 heteroatoms. The minimum Gasteiger partial charge on any atom is -0.493 e. The van der Waals surface area contributed by atoms with Crippen molar-refractivity contribution in [2.24, 2.45) is 0 Å². The molecule has 0 radical (unpaired) electrons. The molecule has 0 spiro atoms. The van der Waals surface area contributed by atoms with Crippen molar-refractivity contribution >= 4 is 28.5 Å². The molecule has 1 atom stereocenters. The number of ether oxygens (including phenoxy) is 4. The van der Waals surface area contributed by atoms with Crippen molar-refractivity contribution in [2.75, 3.05) is 88.1 Å². The van der Waals surface area contributed by atoms with E-state index in [-0.39, 0.29) is 6.04 Å². The molecule has 4 aromatic rings. The molecular weight excluding hydrogens is 520 g/mol. The minimum absolute atomic E-state index is 0.136.